The van der Waals surface area contributed by atoms with Gasteiger partial charge in [-0.2, -0.15) is 0 Å². The van der Waals surface area contributed by atoms with Crippen LogP contribution in [-0.4, -0.2) is 16.0 Å². The zero-order valence-corrected chi connectivity index (χ0v) is 19.9. The Hall–Kier alpha value is -3.18. The van der Waals surface area contributed by atoms with Crippen LogP contribution in [-0.2, 0) is 10.2 Å². The summed E-state index contributed by atoms with van der Waals surface area (Å²) in [6, 6.07) is 20.3. The number of phenols is 1. The van der Waals surface area contributed by atoms with Crippen LogP contribution in [0.3, 0.4) is 0 Å². The van der Waals surface area contributed by atoms with E-state index in [1.54, 1.807) is 11.8 Å². The molecule has 3 N–H and O–H groups in total. The van der Waals surface area contributed by atoms with E-state index in [1.165, 1.54) is 6.92 Å². The van der Waals surface area contributed by atoms with Crippen molar-refractivity contribution in [2.45, 2.75) is 49.8 Å². The van der Waals surface area contributed by atoms with Crippen molar-refractivity contribution >= 4 is 34.3 Å². The van der Waals surface area contributed by atoms with Crippen molar-refractivity contribution in [3.63, 3.8) is 0 Å². The normalized spacial score (nSPS) is 11.7. The van der Waals surface area contributed by atoms with Gasteiger partial charge in [-0.05, 0) is 65.9 Å². The number of anilines is 1. The number of hydrogen-bond donors (Lipinski definition) is 3. The molecule has 164 valence electrons. The minimum Gasteiger partial charge on any atom is -0.507 e. The van der Waals surface area contributed by atoms with Gasteiger partial charge in [-0.25, -0.2) is 0 Å². The molecule has 1 heterocycles. The van der Waals surface area contributed by atoms with Gasteiger partial charge in [0.25, 0.3) is 0 Å². The molecule has 1 aromatic heterocycles. The smallest absolute Gasteiger partial charge is 0.221 e. The lowest BCUT2D eigenvalue weighted by molar-refractivity contribution is -0.114. The summed E-state index contributed by atoms with van der Waals surface area (Å²) in [4.78, 5) is 17.4. The molecule has 32 heavy (non-hydrogen) atoms. The van der Waals surface area contributed by atoms with Crippen LogP contribution < -0.4 is 5.32 Å². The molecule has 4 aromatic rings. The van der Waals surface area contributed by atoms with E-state index >= 15 is 0 Å². The van der Waals surface area contributed by atoms with Crippen LogP contribution in [0.25, 0.3) is 22.2 Å². The topological polar surface area (TPSA) is 65.1 Å². The third-order valence-electron chi connectivity index (χ3n) is 5.43. The van der Waals surface area contributed by atoms with Gasteiger partial charge in [0.2, 0.25) is 5.91 Å². The number of aryl methyl sites for hydroxylation is 1. The summed E-state index contributed by atoms with van der Waals surface area (Å²) in [5.41, 5.74) is 5.37. The zero-order valence-electron chi connectivity index (χ0n) is 19.0. The summed E-state index contributed by atoms with van der Waals surface area (Å²) in [6.07, 6.45) is 0. The molecule has 0 aliphatic rings. The van der Waals surface area contributed by atoms with E-state index in [0.29, 0.717) is 5.75 Å². The molecule has 0 saturated heterocycles. The van der Waals surface area contributed by atoms with Gasteiger partial charge in [0.1, 0.15) is 5.75 Å². The van der Waals surface area contributed by atoms with Crippen LogP contribution >= 0.6 is 11.8 Å². The number of phenolic OH excluding ortho intramolecular Hbond substituents is 1. The summed E-state index contributed by atoms with van der Waals surface area (Å²) < 4.78 is 0. The van der Waals surface area contributed by atoms with Crippen LogP contribution in [0, 0.1) is 6.92 Å². The second-order valence-corrected chi connectivity index (χ2v) is 10.2. The summed E-state index contributed by atoms with van der Waals surface area (Å²) in [5, 5.41) is 14.6. The van der Waals surface area contributed by atoms with Gasteiger partial charge in [0, 0.05) is 38.9 Å². The average Bonchev–Trinajstić information content (AvgIpc) is 3.07. The Morgan fingerprint density at radius 2 is 1.75 bits per heavy atom. The second-order valence-electron chi connectivity index (χ2n) is 9.13. The summed E-state index contributed by atoms with van der Waals surface area (Å²) in [5.74, 6) is 0.254. The number of aromatic amines is 1. The van der Waals surface area contributed by atoms with Crippen LogP contribution in [0.15, 0.2) is 70.5 Å². The van der Waals surface area contributed by atoms with E-state index in [1.807, 2.05) is 49.4 Å². The first-order chi connectivity index (χ1) is 15.1. The lowest BCUT2D eigenvalue weighted by Crippen LogP contribution is -2.12. The number of rotatable bonds is 4. The quantitative estimate of drug-likeness (QED) is 0.310. The summed E-state index contributed by atoms with van der Waals surface area (Å²) >= 11 is 1.69. The van der Waals surface area contributed by atoms with E-state index in [0.717, 1.165) is 48.8 Å². The van der Waals surface area contributed by atoms with E-state index < -0.39 is 0 Å². The number of hydrogen-bond acceptors (Lipinski definition) is 3. The monoisotopic (exact) mass is 444 g/mol. The molecule has 0 saturated carbocycles. The van der Waals surface area contributed by atoms with Gasteiger partial charge in [-0.3, -0.25) is 4.79 Å². The Kier molecular flexibility index (Phi) is 5.78. The Bertz CT molecular complexity index is 1300. The summed E-state index contributed by atoms with van der Waals surface area (Å²) in [6.45, 7) is 9.77. The number of amides is 1. The largest absolute Gasteiger partial charge is 0.507 e. The molecule has 0 bridgehead atoms. The fourth-order valence-electron chi connectivity index (χ4n) is 3.86. The number of H-pyrrole nitrogens is 1. The molecule has 0 atom stereocenters. The van der Waals surface area contributed by atoms with Crippen molar-refractivity contribution in [3.05, 3.63) is 71.8 Å². The number of carbonyl (C=O) groups excluding carboxylic acids is 1. The average molecular weight is 445 g/mol. The Balaban J connectivity index is 1.95. The van der Waals surface area contributed by atoms with Gasteiger partial charge in [0.15, 0.2) is 0 Å². The van der Waals surface area contributed by atoms with E-state index in [2.05, 4.69) is 49.3 Å². The zero-order chi connectivity index (χ0) is 23.0. The van der Waals surface area contributed by atoms with Gasteiger partial charge < -0.3 is 15.4 Å². The van der Waals surface area contributed by atoms with E-state index in [-0.39, 0.29) is 11.3 Å². The number of carbonyl (C=O) groups is 1. The highest BCUT2D eigenvalue weighted by molar-refractivity contribution is 7.99. The molecule has 0 spiro atoms. The molecule has 0 radical (unpaired) electrons. The highest BCUT2D eigenvalue weighted by Gasteiger charge is 2.23. The number of benzene rings is 3. The third-order valence-corrected chi connectivity index (χ3v) is 6.57. The first-order valence-corrected chi connectivity index (χ1v) is 11.5. The molecule has 0 aliphatic heterocycles. The van der Waals surface area contributed by atoms with Gasteiger partial charge >= 0.3 is 0 Å². The Labute approximate surface area is 193 Å². The van der Waals surface area contributed by atoms with Crippen LogP contribution in [0.4, 0.5) is 5.69 Å². The predicted octanol–water partition coefficient (Wildman–Crippen LogP) is 7.26. The fourth-order valence-corrected chi connectivity index (χ4v) is 4.94. The van der Waals surface area contributed by atoms with Crippen molar-refractivity contribution in [2.75, 3.05) is 5.32 Å². The van der Waals surface area contributed by atoms with E-state index in [9.17, 15) is 9.90 Å². The first-order valence-electron chi connectivity index (χ1n) is 10.6. The molecule has 5 heteroatoms. The lowest BCUT2D eigenvalue weighted by Gasteiger charge is -2.22. The highest BCUT2D eigenvalue weighted by atomic mass is 32.2. The van der Waals surface area contributed by atoms with Crippen molar-refractivity contribution < 1.29 is 9.90 Å². The van der Waals surface area contributed by atoms with Crippen LogP contribution in [0.1, 0.15) is 38.8 Å². The first kappa shape index (κ1) is 22.0. The number of aromatic nitrogens is 1. The van der Waals surface area contributed by atoms with Crippen molar-refractivity contribution in [1.29, 1.82) is 0 Å². The minimum atomic E-state index is -0.192. The van der Waals surface area contributed by atoms with E-state index in [4.69, 9.17) is 0 Å². The number of fused-ring (bicyclic) bond motifs is 1. The lowest BCUT2D eigenvalue weighted by atomic mass is 9.84. The van der Waals surface area contributed by atoms with Crippen molar-refractivity contribution in [1.82, 2.24) is 4.98 Å². The maximum atomic E-state index is 11.6. The molecular weight excluding hydrogens is 416 g/mol. The van der Waals surface area contributed by atoms with Gasteiger partial charge in [-0.15, -0.1) is 0 Å². The Morgan fingerprint density at radius 1 is 1.03 bits per heavy atom. The molecule has 4 rings (SSSR count). The van der Waals surface area contributed by atoms with Gasteiger partial charge in [0.05, 0.1) is 5.69 Å². The Morgan fingerprint density at radius 3 is 2.41 bits per heavy atom. The van der Waals surface area contributed by atoms with Crippen molar-refractivity contribution in [3.8, 4) is 17.0 Å². The molecule has 1 amide bonds. The van der Waals surface area contributed by atoms with Crippen LogP contribution in [0.5, 0.6) is 5.75 Å². The standard InChI is InChI=1S/C27H28N2O2S/c1-16-13-18(14-22(25(16)31)27(3,4)5)24-26(32-20-9-7-6-8-10-20)21-15-19(28-17(2)30)11-12-23(21)29-24/h6-15,29,31H,1-5H3,(H,28,30). The number of nitrogens with one attached hydrogen (secondary N) is 2. The van der Waals surface area contributed by atoms with Gasteiger partial charge in [-0.1, -0.05) is 50.7 Å². The predicted molar refractivity (Wildman–Crippen MR) is 134 cm³/mol. The highest BCUT2D eigenvalue weighted by Crippen LogP contribution is 2.44. The SMILES string of the molecule is CC(=O)Nc1ccc2[nH]c(-c3cc(C)c(O)c(C(C)(C)C)c3)c(Sc3ccccc3)c2c1. The second kappa shape index (κ2) is 8.40. The maximum Gasteiger partial charge on any atom is 0.221 e. The molecule has 3 aromatic carbocycles. The number of aromatic hydroxyl groups is 1. The molecule has 0 fully saturated rings. The summed E-state index contributed by atoms with van der Waals surface area (Å²) in [7, 11) is 0. The third kappa shape index (κ3) is 4.39. The maximum absolute atomic E-state index is 11.6. The minimum absolute atomic E-state index is 0.0960. The molecule has 0 unspecified atom stereocenters. The van der Waals surface area contributed by atoms with Crippen molar-refractivity contribution in [2.24, 2.45) is 0 Å². The fraction of sp³-hybridized carbons (Fsp3) is 0.222. The molecular formula is C27H28N2O2S. The molecule has 0 aliphatic carbocycles. The van der Waals surface area contributed by atoms with Crippen LogP contribution in [0.2, 0.25) is 0 Å². The molecule has 4 nitrogen and oxygen atoms in total.